The normalized spacial score (nSPS) is 21.0. The zero-order valence-electron chi connectivity index (χ0n) is 25.4. The summed E-state index contributed by atoms with van der Waals surface area (Å²) in [5, 5.41) is 20.4. The predicted octanol–water partition coefficient (Wildman–Crippen LogP) is 4.97. The lowest BCUT2D eigenvalue weighted by molar-refractivity contribution is -0.124. The van der Waals surface area contributed by atoms with E-state index in [1.165, 1.54) is 10.5 Å². The molecule has 1 saturated heterocycles. The van der Waals surface area contributed by atoms with Gasteiger partial charge in [0.1, 0.15) is 12.3 Å². The Morgan fingerprint density at radius 3 is 2.33 bits per heavy atom. The van der Waals surface area contributed by atoms with E-state index in [9.17, 15) is 18.4 Å². The highest BCUT2D eigenvalue weighted by Gasteiger charge is 2.37. The van der Waals surface area contributed by atoms with Crippen molar-refractivity contribution in [3.63, 3.8) is 0 Å². The first kappa shape index (κ1) is 32.9. The number of nitrogens with zero attached hydrogens (tertiary/aromatic N) is 4. The van der Waals surface area contributed by atoms with Crippen LogP contribution in [0.2, 0.25) is 0 Å². The average molecular weight is 584 g/mol. The van der Waals surface area contributed by atoms with Crippen molar-refractivity contribution in [2.45, 2.75) is 102 Å². The van der Waals surface area contributed by atoms with Gasteiger partial charge in [-0.25, -0.2) is 8.78 Å². The molecule has 2 N–H and O–H groups in total. The van der Waals surface area contributed by atoms with E-state index in [1.54, 1.807) is 6.20 Å². The van der Waals surface area contributed by atoms with Crippen LogP contribution in [0.1, 0.15) is 81.3 Å². The van der Waals surface area contributed by atoms with Crippen molar-refractivity contribution in [3.05, 3.63) is 58.9 Å². The SMILES string of the molecule is Cc1ccnc(C)c1C(C(=O)NC1CCC(F)(F)CC1)N(C)c1ccc(C(C)(C)C)cc1.N#CN1CC(O)CC1C=O. The van der Waals surface area contributed by atoms with Crippen molar-refractivity contribution in [1.29, 1.82) is 5.26 Å². The van der Waals surface area contributed by atoms with Crippen LogP contribution in [-0.2, 0) is 15.0 Å². The summed E-state index contributed by atoms with van der Waals surface area (Å²) in [6.45, 7) is 10.7. The maximum Gasteiger partial charge on any atom is 0.248 e. The number of β-amino-alcohol motifs (C(OH)–C–C–N with tert-alkyl or cyclic N) is 1. The standard InChI is InChI=1S/C26H35F2N3O.C6H8N2O2/c1-17-13-16-29-18(2)22(17)23(24(32)30-20-11-14-26(27,28)15-12-20)31(6)21-9-7-19(8-10-21)25(3,4)5;7-4-8-2-6(10)1-5(8)3-9/h7-10,13,16,20,23H,11-12,14-15H2,1-6H3,(H,30,32);3,5-6,10H,1-2H2. The minimum Gasteiger partial charge on any atom is -0.391 e. The molecule has 4 rings (SSSR count). The van der Waals surface area contributed by atoms with Crippen LogP contribution in [0.25, 0.3) is 0 Å². The first-order valence-electron chi connectivity index (χ1n) is 14.4. The fourth-order valence-corrected chi connectivity index (χ4v) is 5.52. The Kier molecular flexibility index (Phi) is 10.7. The molecule has 1 aromatic carbocycles. The fourth-order valence-electron chi connectivity index (χ4n) is 5.52. The number of aldehydes is 1. The summed E-state index contributed by atoms with van der Waals surface area (Å²) in [5.41, 5.74) is 4.79. The maximum atomic E-state index is 13.6. The Labute approximate surface area is 247 Å². The molecule has 2 aliphatic rings. The number of pyridine rings is 1. The lowest BCUT2D eigenvalue weighted by Crippen LogP contribution is -2.46. The van der Waals surface area contributed by atoms with Crippen LogP contribution in [-0.4, -0.2) is 64.9 Å². The number of nitrogens with one attached hydrogen (secondary N) is 1. The Bertz CT molecular complexity index is 1240. The first-order valence-corrected chi connectivity index (χ1v) is 14.4. The summed E-state index contributed by atoms with van der Waals surface area (Å²) in [7, 11) is 1.90. The van der Waals surface area contributed by atoms with Crippen molar-refractivity contribution in [3.8, 4) is 6.19 Å². The highest BCUT2D eigenvalue weighted by atomic mass is 19.3. The summed E-state index contributed by atoms with van der Waals surface area (Å²) in [4.78, 5) is 31.4. The number of carbonyl (C=O) groups is 2. The molecular formula is C32H43F2N5O3. The molecular weight excluding hydrogens is 540 g/mol. The largest absolute Gasteiger partial charge is 0.391 e. The molecule has 3 atom stereocenters. The van der Waals surface area contributed by atoms with Crippen LogP contribution in [0, 0.1) is 25.3 Å². The van der Waals surface area contributed by atoms with Crippen LogP contribution in [0.4, 0.5) is 14.5 Å². The quantitative estimate of drug-likeness (QED) is 0.365. The average Bonchev–Trinajstić information content (AvgIpc) is 3.31. The monoisotopic (exact) mass is 583 g/mol. The van der Waals surface area contributed by atoms with E-state index in [0.717, 1.165) is 22.5 Å². The molecule has 10 heteroatoms. The summed E-state index contributed by atoms with van der Waals surface area (Å²) >= 11 is 0. The Morgan fingerprint density at radius 2 is 1.83 bits per heavy atom. The van der Waals surface area contributed by atoms with Gasteiger partial charge in [0.15, 0.2) is 6.19 Å². The molecule has 1 aliphatic heterocycles. The van der Waals surface area contributed by atoms with E-state index in [2.05, 4.69) is 43.2 Å². The Morgan fingerprint density at radius 1 is 1.21 bits per heavy atom. The smallest absolute Gasteiger partial charge is 0.248 e. The molecule has 42 heavy (non-hydrogen) atoms. The summed E-state index contributed by atoms with van der Waals surface area (Å²) in [6.07, 6.45) is 4.36. The zero-order chi connectivity index (χ0) is 31.2. The number of hydrogen-bond donors (Lipinski definition) is 2. The number of hydrogen-bond acceptors (Lipinski definition) is 7. The number of carbonyl (C=O) groups excluding carboxylic acids is 2. The van der Waals surface area contributed by atoms with E-state index in [4.69, 9.17) is 10.4 Å². The van der Waals surface area contributed by atoms with Gasteiger partial charge in [0.25, 0.3) is 0 Å². The van der Waals surface area contributed by atoms with Crippen molar-refractivity contribution in [2.75, 3.05) is 18.5 Å². The van der Waals surface area contributed by atoms with Gasteiger partial charge in [-0.2, -0.15) is 5.26 Å². The lowest BCUT2D eigenvalue weighted by atomic mass is 9.87. The molecule has 1 saturated carbocycles. The number of aryl methyl sites for hydroxylation is 2. The molecule has 1 amide bonds. The molecule has 0 bridgehead atoms. The van der Waals surface area contributed by atoms with Gasteiger partial charge in [0, 0.05) is 55.5 Å². The van der Waals surface area contributed by atoms with Crippen molar-refractivity contribution >= 4 is 17.9 Å². The number of benzene rings is 1. The number of nitriles is 1. The number of aliphatic hydroxyl groups is 1. The third-order valence-electron chi connectivity index (χ3n) is 8.13. The molecule has 2 fully saturated rings. The number of aliphatic hydroxyl groups excluding tert-OH is 1. The van der Waals surface area contributed by atoms with Gasteiger partial charge in [-0.3, -0.25) is 14.7 Å². The van der Waals surface area contributed by atoms with Gasteiger partial charge in [0.05, 0.1) is 18.7 Å². The number of amides is 1. The van der Waals surface area contributed by atoms with Gasteiger partial charge >= 0.3 is 0 Å². The molecule has 3 unspecified atom stereocenters. The van der Waals surface area contributed by atoms with Gasteiger partial charge in [0.2, 0.25) is 11.8 Å². The Hall–Kier alpha value is -3.58. The Balaban J connectivity index is 0.000000408. The summed E-state index contributed by atoms with van der Waals surface area (Å²) in [6, 6.07) is 8.90. The van der Waals surface area contributed by atoms with Crippen LogP contribution >= 0.6 is 0 Å². The van der Waals surface area contributed by atoms with E-state index in [0.29, 0.717) is 32.1 Å². The lowest BCUT2D eigenvalue weighted by Gasteiger charge is -2.34. The number of likely N-dealkylation sites (N-methyl/N-ethyl adjacent to an activating group) is 1. The van der Waals surface area contributed by atoms with Crippen LogP contribution in [0.5, 0.6) is 0 Å². The highest BCUT2D eigenvalue weighted by molar-refractivity contribution is 5.87. The van der Waals surface area contributed by atoms with E-state index in [-0.39, 0.29) is 30.2 Å². The molecule has 228 valence electrons. The minimum absolute atomic E-state index is 0.0352. The number of anilines is 1. The van der Waals surface area contributed by atoms with E-state index in [1.807, 2.05) is 50.2 Å². The number of rotatable bonds is 6. The summed E-state index contributed by atoms with van der Waals surface area (Å²) < 4.78 is 27.2. The van der Waals surface area contributed by atoms with Crippen LogP contribution in [0.15, 0.2) is 36.5 Å². The minimum atomic E-state index is -2.62. The first-order chi connectivity index (χ1) is 19.7. The van der Waals surface area contributed by atoms with Crippen molar-refractivity contribution < 1.29 is 23.5 Å². The molecule has 8 nitrogen and oxygen atoms in total. The topological polar surface area (TPSA) is 110 Å². The maximum absolute atomic E-state index is 13.6. The number of aromatic nitrogens is 1. The van der Waals surface area contributed by atoms with E-state index < -0.39 is 24.1 Å². The molecule has 2 aromatic rings. The van der Waals surface area contributed by atoms with Crippen LogP contribution in [0.3, 0.4) is 0 Å². The highest BCUT2D eigenvalue weighted by Crippen LogP contribution is 2.35. The third kappa shape index (κ3) is 8.25. The van der Waals surface area contributed by atoms with Crippen molar-refractivity contribution in [2.24, 2.45) is 0 Å². The van der Waals surface area contributed by atoms with E-state index >= 15 is 0 Å². The molecule has 1 aromatic heterocycles. The second kappa shape index (κ2) is 13.6. The molecule has 0 spiro atoms. The third-order valence-corrected chi connectivity index (χ3v) is 8.13. The van der Waals surface area contributed by atoms with Gasteiger partial charge in [-0.05, 0) is 61.4 Å². The zero-order valence-corrected chi connectivity index (χ0v) is 25.4. The number of halogens is 2. The fraction of sp³-hybridized carbons (Fsp3) is 0.562. The van der Waals surface area contributed by atoms with Gasteiger partial charge in [-0.1, -0.05) is 32.9 Å². The van der Waals surface area contributed by atoms with Crippen molar-refractivity contribution in [1.82, 2.24) is 15.2 Å². The molecule has 2 heterocycles. The summed E-state index contributed by atoms with van der Waals surface area (Å²) in [5.74, 6) is -2.80. The number of alkyl halides is 2. The second-order valence-corrected chi connectivity index (χ2v) is 12.4. The van der Waals surface area contributed by atoms with Crippen LogP contribution < -0.4 is 10.2 Å². The van der Waals surface area contributed by atoms with Gasteiger partial charge < -0.3 is 20.1 Å². The molecule has 1 aliphatic carbocycles. The number of likely N-dealkylation sites (tertiary alicyclic amines) is 1. The second-order valence-electron chi connectivity index (χ2n) is 12.4. The molecule has 0 radical (unpaired) electrons. The van der Waals surface area contributed by atoms with Gasteiger partial charge in [-0.15, -0.1) is 0 Å². The predicted molar refractivity (Wildman–Crippen MR) is 158 cm³/mol.